The number of alkyl halides is 3. The Morgan fingerprint density at radius 2 is 1.92 bits per heavy atom. The van der Waals surface area contributed by atoms with Crippen LogP contribution in [-0.4, -0.2) is 23.9 Å². The maximum absolute atomic E-state index is 12.7. The summed E-state index contributed by atoms with van der Waals surface area (Å²) in [6.07, 6.45) is 3.50. The molecule has 0 atom stereocenters. The van der Waals surface area contributed by atoms with Crippen LogP contribution in [0.15, 0.2) is 61.4 Å². The van der Waals surface area contributed by atoms with Crippen molar-refractivity contribution in [2.24, 2.45) is 0 Å². The molecule has 0 aliphatic rings. The maximum atomic E-state index is 12.7. The van der Waals surface area contributed by atoms with E-state index in [2.05, 4.69) is 15.0 Å². The molecule has 0 saturated carbocycles. The van der Waals surface area contributed by atoms with Crippen LogP contribution in [0.4, 0.5) is 13.2 Å². The molecular weight excluding hydrogens is 319 g/mol. The highest BCUT2D eigenvalue weighted by Gasteiger charge is 2.32. The van der Waals surface area contributed by atoms with Crippen molar-refractivity contribution in [2.75, 3.05) is 0 Å². The van der Waals surface area contributed by atoms with Gasteiger partial charge in [-0.3, -0.25) is 4.40 Å². The predicted molar refractivity (Wildman–Crippen MR) is 80.5 cm³/mol. The molecule has 0 fully saturated rings. The van der Waals surface area contributed by atoms with Crippen LogP contribution in [0, 0.1) is 0 Å². The summed E-state index contributed by atoms with van der Waals surface area (Å²) in [5.74, 6) is 0.00728. The largest absolute Gasteiger partial charge is 0.433 e. The van der Waals surface area contributed by atoms with Crippen molar-refractivity contribution in [3.63, 3.8) is 0 Å². The van der Waals surface area contributed by atoms with Gasteiger partial charge in [-0.05, 0) is 18.2 Å². The Kier molecular flexibility index (Phi) is 3.12. The first-order valence-corrected chi connectivity index (χ1v) is 7.02. The second-order valence-corrected chi connectivity index (χ2v) is 5.14. The van der Waals surface area contributed by atoms with Crippen molar-refractivity contribution in [2.45, 2.75) is 6.18 Å². The lowest BCUT2D eigenvalue weighted by Gasteiger charge is -2.08. The van der Waals surface area contributed by atoms with Crippen LogP contribution in [-0.2, 0) is 6.18 Å². The number of fused-ring (bicyclic) bond motifs is 1. The van der Waals surface area contributed by atoms with E-state index in [1.54, 1.807) is 12.5 Å². The molecule has 8 heteroatoms. The molecule has 5 nitrogen and oxygen atoms in total. The second-order valence-electron chi connectivity index (χ2n) is 5.14. The zero-order chi connectivity index (χ0) is 16.7. The first kappa shape index (κ1) is 14.4. The average Bonchev–Trinajstić information content (AvgIpc) is 3.23. The Morgan fingerprint density at radius 1 is 1.04 bits per heavy atom. The van der Waals surface area contributed by atoms with E-state index < -0.39 is 11.9 Å². The smallest absolute Gasteiger partial charge is 0.306 e. The molecule has 0 spiro atoms. The van der Waals surface area contributed by atoms with Crippen molar-refractivity contribution >= 4 is 5.78 Å². The van der Waals surface area contributed by atoms with Gasteiger partial charge in [0.1, 0.15) is 5.69 Å². The summed E-state index contributed by atoms with van der Waals surface area (Å²) in [5, 5.41) is 0. The molecule has 120 valence electrons. The van der Waals surface area contributed by atoms with Gasteiger partial charge in [-0.25, -0.2) is 15.0 Å². The Bertz CT molecular complexity index is 1000. The second kappa shape index (κ2) is 5.19. The standard InChI is InChI=1S/C16H10F3N5/c17-16(18,19)14-4-6-24-13(9-21-15(24)22-14)11-2-1-3-12(8-11)23-7-5-20-10-23/h1-10H. The minimum Gasteiger partial charge on any atom is -0.306 e. The number of halogens is 3. The van der Waals surface area contributed by atoms with Gasteiger partial charge in [0.15, 0.2) is 0 Å². The molecule has 0 bridgehead atoms. The predicted octanol–water partition coefficient (Wildman–Crippen LogP) is 3.60. The van der Waals surface area contributed by atoms with Crippen LogP contribution in [0.2, 0.25) is 0 Å². The van der Waals surface area contributed by atoms with Gasteiger partial charge in [0, 0.05) is 29.8 Å². The van der Waals surface area contributed by atoms with Crippen LogP contribution in [0.3, 0.4) is 0 Å². The molecule has 0 radical (unpaired) electrons. The number of imidazole rings is 2. The Hall–Kier alpha value is -3.16. The molecule has 0 unspecified atom stereocenters. The fourth-order valence-electron chi connectivity index (χ4n) is 2.48. The highest BCUT2D eigenvalue weighted by atomic mass is 19.4. The van der Waals surface area contributed by atoms with Crippen molar-refractivity contribution in [1.29, 1.82) is 0 Å². The highest BCUT2D eigenvalue weighted by molar-refractivity contribution is 5.65. The summed E-state index contributed by atoms with van der Waals surface area (Å²) in [6, 6.07) is 8.48. The van der Waals surface area contributed by atoms with Gasteiger partial charge in [0.2, 0.25) is 5.78 Å². The quantitative estimate of drug-likeness (QED) is 0.564. The number of hydrogen-bond donors (Lipinski definition) is 0. The molecule has 0 saturated heterocycles. The number of hydrogen-bond acceptors (Lipinski definition) is 3. The van der Waals surface area contributed by atoms with Gasteiger partial charge in [0.25, 0.3) is 0 Å². The summed E-state index contributed by atoms with van der Waals surface area (Å²) in [5.41, 5.74) is 1.41. The van der Waals surface area contributed by atoms with Gasteiger partial charge < -0.3 is 4.57 Å². The average molecular weight is 329 g/mol. The van der Waals surface area contributed by atoms with E-state index >= 15 is 0 Å². The monoisotopic (exact) mass is 329 g/mol. The Morgan fingerprint density at radius 3 is 2.67 bits per heavy atom. The highest BCUT2D eigenvalue weighted by Crippen LogP contribution is 2.29. The van der Waals surface area contributed by atoms with Gasteiger partial charge in [0.05, 0.1) is 18.2 Å². The molecule has 1 aromatic carbocycles. The van der Waals surface area contributed by atoms with E-state index in [0.717, 1.165) is 17.3 Å². The third kappa shape index (κ3) is 2.41. The van der Waals surface area contributed by atoms with Crippen molar-refractivity contribution in [1.82, 2.24) is 23.9 Å². The lowest BCUT2D eigenvalue weighted by Crippen LogP contribution is -2.09. The summed E-state index contributed by atoms with van der Waals surface area (Å²) >= 11 is 0. The van der Waals surface area contributed by atoms with Crippen molar-refractivity contribution in [3.05, 3.63) is 67.1 Å². The lowest BCUT2D eigenvalue weighted by atomic mass is 10.1. The van der Waals surface area contributed by atoms with Gasteiger partial charge in [-0.15, -0.1) is 0 Å². The minimum absolute atomic E-state index is 0.00728. The van der Waals surface area contributed by atoms with Gasteiger partial charge in [-0.1, -0.05) is 12.1 Å². The van der Waals surface area contributed by atoms with Gasteiger partial charge in [-0.2, -0.15) is 13.2 Å². The third-order valence-electron chi connectivity index (χ3n) is 3.61. The zero-order valence-corrected chi connectivity index (χ0v) is 12.1. The molecular formula is C16H10F3N5. The van der Waals surface area contributed by atoms with Crippen LogP contribution in [0.5, 0.6) is 0 Å². The summed E-state index contributed by atoms with van der Waals surface area (Å²) in [7, 11) is 0. The van der Waals surface area contributed by atoms with Crippen molar-refractivity contribution in [3.8, 4) is 16.9 Å². The normalized spacial score (nSPS) is 12.0. The molecule has 24 heavy (non-hydrogen) atoms. The van der Waals surface area contributed by atoms with E-state index in [9.17, 15) is 13.2 Å². The molecule has 0 aliphatic carbocycles. The summed E-state index contributed by atoms with van der Waals surface area (Å²) in [4.78, 5) is 11.6. The Balaban J connectivity index is 1.81. The Labute approximate surface area is 134 Å². The van der Waals surface area contributed by atoms with Crippen LogP contribution >= 0.6 is 0 Å². The fraction of sp³-hybridized carbons (Fsp3) is 0.0625. The first-order chi connectivity index (χ1) is 11.5. The fourth-order valence-corrected chi connectivity index (χ4v) is 2.48. The lowest BCUT2D eigenvalue weighted by molar-refractivity contribution is -0.141. The number of nitrogens with zero attached hydrogens (tertiary/aromatic N) is 5. The van der Waals surface area contributed by atoms with E-state index in [4.69, 9.17) is 0 Å². The van der Waals surface area contributed by atoms with Crippen molar-refractivity contribution < 1.29 is 13.2 Å². The topological polar surface area (TPSA) is 48.0 Å². The molecule has 4 aromatic rings. The zero-order valence-electron chi connectivity index (χ0n) is 12.1. The summed E-state index contributed by atoms with van der Waals surface area (Å²) < 4.78 is 41.6. The molecule has 3 heterocycles. The summed E-state index contributed by atoms with van der Waals surface area (Å²) in [6.45, 7) is 0. The number of benzene rings is 1. The van der Waals surface area contributed by atoms with E-state index in [1.165, 1.54) is 16.8 Å². The van der Waals surface area contributed by atoms with Crippen LogP contribution in [0.1, 0.15) is 5.69 Å². The van der Waals surface area contributed by atoms with Crippen LogP contribution in [0.25, 0.3) is 22.7 Å². The van der Waals surface area contributed by atoms with E-state index in [-0.39, 0.29) is 5.78 Å². The molecule has 0 aliphatic heterocycles. The first-order valence-electron chi connectivity index (χ1n) is 7.02. The molecule has 3 aromatic heterocycles. The number of aromatic nitrogens is 5. The number of rotatable bonds is 2. The molecule has 0 N–H and O–H groups in total. The maximum Gasteiger partial charge on any atom is 0.433 e. The molecule has 4 rings (SSSR count). The van der Waals surface area contributed by atoms with Gasteiger partial charge >= 0.3 is 6.18 Å². The SMILES string of the molecule is FC(F)(F)c1ccn2c(-c3cccc(-n4ccnc4)c3)cnc2n1. The minimum atomic E-state index is -4.49. The van der Waals surface area contributed by atoms with E-state index in [0.29, 0.717) is 5.69 Å². The third-order valence-corrected chi connectivity index (χ3v) is 3.61. The van der Waals surface area contributed by atoms with E-state index in [1.807, 2.05) is 35.0 Å². The molecule has 0 amide bonds. The van der Waals surface area contributed by atoms with Crippen LogP contribution < -0.4 is 0 Å².